The lowest BCUT2D eigenvalue weighted by Crippen LogP contribution is -2.37. The molecule has 2 heterocycles. The number of carbonyl (C=O) groups is 1. The van der Waals surface area contributed by atoms with Gasteiger partial charge in [0.2, 0.25) is 11.6 Å². The van der Waals surface area contributed by atoms with E-state index in [9.17, 15) is 9.90 Å². The summed E-state index contributed by atoms with van der Waals surface area (Å²) >= 11 is 0. The molecule has 24 heavy (non-hydrogen) atoms. The number of rotatable bonds is 4. The number of amides is 1. The molecule has 2 N–H and O–H groups in total. The van der Waals surface area contributed by atoms with Gasteiger partial charge in [0, 0.05) is 24.1 Å². The Morgan fingerprint density at radius 2 is 2.04 bits per heavy atom. The lowest BCUT2D eigenvalue weighted by molar-refractivity contribution is 0.199. The molecule has 0 fully saturated rings. The van der Waals surface area contributed by atoms with Gasteiger partial charge in [-0.3, -0.25) is 4.40 Å². The zero-order valence-corrected chi connectivity index (χ0v) is 13.6. The molecule has 1 aromatic carbocycles. The summed E-state index contributed by atoms with van der Waals surface area (Å²) in [6.45, 7) is 5.55. The van der Waals surface area contributed by atoms with E-state index in [-0.39, 0.29) is 12.0 Å². The SMILES string of the molecule is Cc1ccccc1Nc1nccn2c(N(C(=O)O)C(C)C)nnc12. The molecule has 8 nitrogen and oxygen atoms in total. The van der Waals surface area contributed by atoms with Gasteiger partial charge in [0.15, 0.2) is 5.82 Å². The monoisotopic (exact) mass is 326 g/mol. The van der Waals surface area contributed by atoms with Crippen molar-refractivity contribution in [3.8, 4) is 0 Å². The predicted octanol–water partition coefficient (Wildman–Crippen LogP) is 3.07. The average Bonchev–Trinajstić information content (AvgIpc) is 2.94. The van der Waals surface area contributed by atoms with Crippen molar-refractivity contribution < 1.29 is 9.90 Å². The molecule has 124 valence electrons. The number of benzene rings is 1. The number of aromatic nitrogens is 4. The van der Waals surface area contributed by atoms with Crippen LogP contribution in [0.1, 0.15) is 19.4 Å². The van der Waals surface area contributed by atoms with Gasteiger partial charge in [0.1, 0.15) is 0 Å². The molecule has 3 aromatic rings. The zero-order valence-electron chi connectivity index (χ0n) is 13.6. The quantitative estimate of drug-likeness (QED) is 0.765. The maximum absolute atomic E-state index is 11.5. The molecule has 2 aromatic heterocycles. The molecule has 0 spiro atoms. The first-order valence-corrected chi connectivity index (χ1v) is 7.53. The summed E-state index contributed by atoms with van der Waals surface area (Å²) in [5.74, 6) is 0.752. The molecule has 8 heteroatoms. The molecule has 0 unspecified atom stereocenters. The average molecular weight is 326 g/mol. The van der Waals surface area contributed by atoms with Crippen molar-refractivity contribution in [1.29, 1.82) is 0 Å². The van der Waals surface area contributed by atoms with Crippen LogP contribution in [0, 0.1) is 6.92 Å². The van der Waals surface area contributed by atoms with Crippen LogP contribution in [0.5, 0.6) is 0 Å². The summed E-state index contributed by atoms with van der Waals surface area (Å²) < 4.78 is 1.61. The van der Waals surface area contributed by atoms with E-state index in [1.807, 2.05) is 31.2 Å². The number of fused-ring (bicyclic) bond motifs is 1. The maximum Gasteiger partial charge on any atom is 0.414 e. The summed E-state index contributed by atoms with van der Waals surface area (Å²) in [5, 5.41) is 20.8. The van der Waals surface area contributed by atoms with E-state index in [1.54, 1.807) is 30.6 Å². The highest BCUT2D eigenvalue weighted by Crippen LogP contribution is 2.24. The van der Waals surface area contributed by atoms with Gasteiger partial charge < -0.3 is 10.4 Å². The molecule has 3 rings (SSSR count). The normalized spacial score (nSPS) is 11.0. The molecule has 0 radical (unpaired) electrons. The Hall–Kier alpha value is -3.16. The van der Waals surface area contributed by atoms with Gasteiger partial charge >= 0.3 is 6.09 Å². The second-order valence-corrected chi connectivity index (χ2v) is 5.66. The Balaban J connectivity index is 2.07. The zero-order chi connectivity index (χ0) is 17.3. The van der Waals surface area contributed by atoms with Crippen LogP contribution >= 0.6 is 0 Å². The first-order valence-electron chi connectivity index (χ1n) is 7.53. The fourth-order valence-corrected chi connectivity index (χ4v) is 2.44. The minimum Gasteiger partial charge on any atom is -0.465 e. The summed E-state index contributed by atoms with van der Waals surface area (Å²) in [6.07, 6.45) is 2.15. The Morgan fingerprint density at radius 3 is 2.71 bits per heavy atom. The number of carboxylic acid groups (broad SMARTS) is 1. The Morgan fingerprint density at radius 1 is 1.29 bits per heavy atom. The highest BCUT2D eigenvalue weighted by atomic mass is 16.4. The van der Waals surface area contributed by atoms with Gasteiger partial charge in [-0.1, -0.05) is 18.2 Å². The molecule has 0 saturated carbocycles. The summed E-state index contributed by atoms with van der Waals surface area (Å²) in [4.78, 5) is 17.0. The number of para-hydroxylation sites is 1. The smallest absolute Gasteiger partial charge is 0.414 e. The number of nitrogens with one attached hydrogen (secondary N) is 1. The van der Waals surface area contributed by atoms with E-state index in [1.165, 1.54) is 0 Å². The molecule has 0 atom stereocenters. The second kappa shape index (κ2) is 6.15. The van der Waals surface area contributed by atoms with Crippen molar-refractivity contribution in [1.82, 2.24) is 19.6 Å². The molecule has 0 aliphatic carbocycles. The Labute approximate surface area is 138 Å². The van der Waals surface area contributed by atoms with Crippen LogP contribution in [0.15, 0.2) is 36.7 Å². The van der Waals surface area contributed by atoms with E-state index >= 15 is 0 Å². The third kappa shape index (κ3) is 2.73. The Kier molecular flexibility index (Phi) is 4.03. The molecule has 0 aliphatic rings. The minimum absolute atomic E-state index is 0.239. The van der Waals surface area contributed by atoms with Crippen molar-refractivity contribution in [2.24, 2.45) is 0 Å². The maximum atomic E-state index is 11.5. The van der Waals surface area contributed by atoms with Crippen LogP contribution < -0.4 is 10.2 Å². The minimum atomic E-state index is -1.08. The van der Waals surface area contributed by atoms with Gasteiger partial charge in [-0.25, -0.2) is 14.7 Å². The van der Waals surface area contributed by atoms with Crippen molar-refractivity contribution in [3.63, 3.8) is 0 Å². The molecular weight excluding hydrogens is 308 g/mol. The first-order chi connectivity index (χ1) is 11.5. The van der Waals surface area contributed by atoms with E-state index in [0.29, 0.717) is 11.5 Å². The van der Waals surface area contributed by atoms with Crippen molar-refractivity contribution in [3.05, 3.63) is 42.2 Å². The lowest BCUT2D eigenvalue weighted by Gasteiger charge is -2.20. The molecule has 0 bridgehead atoms. The third-order valence-corrected chi connectivity index (χ3v) is 3.65. The van der Waals surface area contributed by atoms with E-state index < -0.39 is 6.09 Å². The fourth-order valence-electron chi connectivity index (χ4n) is 2.44. The Bertz CT molecular complexity index is 889. The molecule has 0 saturated heterocycles. The number of hydrogen-bond acceptors (Lipinski definition) is 5. The van der Waals surface area contributed by atoms with E-state index in [2.05, 4.69) is 20.5 Å². The number of nitrogens with zero attached hydrogens (tertiary/aromatic N) is 5. The number of aryl methyl sites for hydroxylation is 1. The predicted molar refractivity (Wildman–Crippen MR) is 90.9 cm³/mol. The summed E-state index contributed by atoms with van der Waals surface area (Å²) in [5.41, 5.74) is 2.43. The van der Waals surface area contributed by atoms with Crippen LogP contribution in [0.2, 0.25) is 0 Å². The van der Waals surface area contributed by atoms with Gasteiger partial charge in [0.05, 0.1) is 0 Å². The number of anilines is 3. The van der Waals surface area contributed by atoms with Gasteiger partial charge in [-0.05, 0) is 32.4 Å². The van der Waals surface area contributed by atoms with E-state index in [0.717, 1.165) is 16.2 Å². The molecule has 0 aliphatic heterocycles. The standard InChI is InChI=1S/C16H18N6O2/c1-10(2)22(16(23)24)15-20-19-14-13(17-8-9-21(14)15)18-12-7-5-4-6-11(12)3/h4-10H,1-3H3,(H,17,18)(H,23,24). The van der Waals surface area contributed by atoms with Crippen LogP contribution in [-0.2, 0) is 0 Å². The van der Waals surface area contributed by atoms with Crippen molar-refractivity contribution >= 4 is 29.2 Å². The number of hydrogen-bond donors (Lipinski definition) is 2. The van der Waals surface area contributed by atoms with Gasteiger partial charge in [-0.2, -0.15) is 0 Å². The molecule has 1 amide bonds. The topological polar surface area (TPSA) is 95.7 Å². The van der Waals surface area contributed by atoms with Crippen molar-refractivity contribution in [2.75, 3.05) is 10.2 Å². The largest absolute Gasteiger partial charge is 0.465 e. The second-order valence-electron chi connectivity index (χ2n) is 5.66. The first kappa shape index (κ1) is 15.7. The van der Waals surface area contributed by atoms with Crippen LogP contribution in [0.4, 0.5) is 22.2 Å². The van der Waals surface area contributed by atoms with Crippen LogP contribution in [-0.4, -0.2) is 36.8 Å². The van der Waals surface area contributed by atoms with Gasteiger partial charge in [-0.15, -0.1) is 10.2 Å². The van der Waals surface area contributed by atoms with E-state index in [4.69, 9.17) is 0 Å². The van der Waals surface area contributed by atoms with Crippen molar-refractivity contribution in [2.45, 2.75) is 26.8 Å². The molecular formula is C16H18N6O2. The fraction of sp³-hybridized carbons (Fsp3) is 0.250. The highest BCUT2D eigenvalue weighted by Gasteiger charge is 2.24. The van der Waals surface area contributed by atoms with Crippen LogP contribution in [0.25, 0.3) is 5.65 Å². The third-order valence-electron chi connectivity index (χ3n) is 3.65. The summed E-state index contributed by atoms with van der Waals surface area (Å²) in [7, 11) is 0. The van der Waals surface area contributed by atoms with Crippen LogP contribution in [0.3, 0.4) is 0 Å². The summed E-state index contributed by atoms with van der Waals surface area (Å²) in [6, 6.07) is 7.54. The van der Waals surface area contributed by atoms with Gasteiger partial charge in [0.25, 0.3) is 0 Å². The lowest BCUT2D eigenvalue weighted by atomic mass is 10.2. The highest BCUT2D eigenvalue weighted by molar-refractivity contribution is 5.85.